The monoisotopic (exact) mass is 357 g/mol. The van der Waals surface area contributed by atoms with Crippen LogP contribution in [0.1, 0.15) is 35.3 Å². The summed E-state index contributed by atoms with van der Waals surface area (Å²) in [6.45, 7) is 7.00. The van der Waals surface area contributed by atoms with Crippen molar-refractivity contribution in [3.05, 3.63) is 71.0 Å². The van der Waals surface area contributed by atoms with Crippen molar-refractivity contribution in [1.82, 2.24) is 15.8 Å². The molecular weight excluding hydrogens is 333 g/mol. The first-order valence-corrected chi connectivity index (χ1v) is 8.66. The number of nitrogens with zero attached hydrogens (tertiary/aromatic N) is 1. The molecule has 2 N–H and O–H groups in total. The van der Waals surface area contributed by atoms with Crippen LogP contribution in [0.2, 0.25) is 0 Å². The number of nitrogens with one attached hydrogen (secondary N) is 2. The van der Waals surface area contributed by atoms with Crippen LogP contribution in [0.25, 0.3) is 0 Å². The Labute approximate surface area is 153 Å². The molecule has 0 bridgehead atoms. The normalized spacial score (nSPS) is 10.6. The fraction of sp³-hybridized carbons (Fsp3) is 0.300. The summed E-state index contributed by atoms with van der Waals surface area (Å²) in [4.78, 5) is 26.2. The molecule has 138 valence electrons. The van der Waals surface area contributed by atoms with Gasteiger partial charge in [0.05, 0.1) is 6.42 Å². The second-order valence-electron chi connectivity index (χ2n) is 5.96. The van der Waals surface area contributed by atoms with E-state index >= 15 is 0 Å². The minimum absolute atomic E-state index is 0.0589. The number of halogens is 1. The molecule has 0 aliphatic carbocycles. The largest absolute Gasteiger partial charge is 0.300 e. The highest BCUT2D eigenvalue weighted by molar-refractivity contribution is 5.95. The molecule has 2 rings (SSSR count). The van der Waals surface area contributed by atoms with E-state index in [1.165, 1.54) is 24.3 Å². The molecule has 0 atom stereocenters. The van der Waals surface area contributed by atoms with Crippen molar-refractivity contribution in [2.24, 2.45) is 0 Å². The number of carbonyl (C=O) groups is 2. The third-order valence-corrected chi connectivity index (χ3v) is 4.11. The van der Waals surface area contributed by atoms with Crippen LogP contribution < -0.4 is 10.9 Å². The van der Waals surface area contributed by atoms with E-state index in [4.69, 9.17) is 0 Å². The quantitative estimate of drug-likeness (QED) is 0.749. The van der Waals surface area contributed by atoms with Gasteiger partial charge in [-0.15, -0.1) is 0 Å². The number of hydrogen-bond acceptors (Lipinski definition) is 3. The summed E-state index contributed by atoms with van der Waals surface area (Å²) in [5.41, 5.74) is 7.02. The Morgan fingerprint density at radius 2 is 1.46 bits per heavy atom. The van der Waals surface area contributed by atoms with Gasteiger partial charge in [0.2, 0.25) is 5.91 Å². The fourth-order valence-corrected chi connectivity index (χ4v) is 2.50. The first-order chi connectivity index (χ1) is 12.5. The van der Waals surface area contributed by atoms with E-state index in [0.717, 1.165) is 25.2 Å². The molecule has 0 aliphatic rings. The fourth-order valence-electron chi connectivity index (χ4n) is 2.50. The molecule has 6 heteroatoms. The smallest absolute Gasteiger partial charge is 0.269 e. The van der Waals surface area contributed by atoms with Crippen LogP contribution in [0, 0.1) is 5.82 Å². The lowest BCUT2D eigenvalue weighted by Crippen LogP contribution is -2.42. The van der Waals surface area contributed by atoms with Gasteiger partial charge in [-0.1, -0.05) is 38.1 Å². The third-order valence-electron chi connectivity index (χ3n) is 4.11. The summed E-state index contributed by atoms with van der Waals surface area (Å²) in [7, 11) is 0. The molecule has 26 heavy (non-hydrogen) atoms. The molecule has 0 saturated carbocycles. The number of carbonyl (C=O) groups excluding carboxylic acids is 2. The average Bonchev–Trinajstić information content (AvgIpc) is 2.66. The summed E-state index contributed by atoms with van der Waals surface area (Å²) in [6.07, 6.45) is 0.0589. The summed E-state index contributed by atoms with van der Waals surface area (Å²) < 4.78 is 12.8. The molecule has 0 aromatic heterocycles. The maximum absolute atomic E-state index is 12.8. The Balaban J connectivity index is 1.83. The molecule has 2 aromatic rings. The predicted octanol–water partition coefficient (Wildman–Crippen LogP) is 2.67. The van der Waals surface area contributed by atoms with Crippen LogP contribution in [0.5, 0.6) is 0 Å². The summed E-state index contributed by atoms with van der Waals surface area (Å²) >= 11 is 0. The molecule has 0 aliphatic heterocycles. The van der Waals surface area contributed by atoms with Gasteiger partial charge in [0.1, 0.15) is 5.82 Å². The Hall–Kier alpha value is -2.73. The summed E-state index contributed by atoms with van der Waals surface area (Å²) in [6, 6.07) is 12.9. The van der Waals surface area contributed by atoms with Gasteiger partial charge in [0.25, 0.3) is 5.91 Å². The minimum atomic E-state index is -0.383. The highest BCUT2D eigenvalue weighted by Gasteiger charge is 2.09. The average molecular weight is 357 g/mol. The van der Waals surface area contributed by atoms with Crippen molar-refractivity contribution in [3.63, 3.8) is 0 Å². The zero-order valence-electron chi connectivity index (χ0n) is 15.1. The Morgan fingerprint density at radius 3 is 2.04 bits per heavy atom. The lowest BCUT2D eigenvalue weighted by atomic mass is 10.1. The molecule has 0 spiro atoms. The maximum Gasteiger partial charge on any atom is 0.269 e. The molecule has 0 saturated heterocycles. The van der Waals surface area contributed by atoms with E-state index in [-0.39, 0.29) is 24.1 Å². The second kappa shape index (κ2) is 9.68. The highest BCUT2D eigenvalue weighted by Crippen LogP contribution is 2.08. The number of benzene rings is 2. The van der Waals surface area contributed by atoms with Gasteiger partial charge in [-0.05, 0) is 48.5 Å². The maximum atomic E-state index is 12.8. The Bertz CT molecular complexity index is 726. The topological polar surface area (TPSA) is 61.4 Å². The van der Waals surface area contributed by atoms with Crippen LogP contribution in [0.3, 0.4) is 0 Å². The van der Waals surface area contributed by atoms with E-state index in [2.05, 4.69) is 29.6 Å². The van der Waals surface area contributed by atoms with Gasteiger partial charge >= 0.3 is 0 Å². The molecule has 0 unspecified atom stereocenters. The van der Waals surface area contributed by atoms with E-state index in [9.17, 15) is 14.0 Å². The molecular formula is C20H24FN3O2. The molecule has 0 heterocycles. The van der Waals surface area contributed by atoms with E-state index in [1.54, 1.807) is 12.1 Å². The first kappa shape index (κ1) is 19.6. The number of rotatable bonds is 7. The van der Waals surface area contributed by atoms with Gasteiger partial charge in [-0.25, -0.2) is 4.39 Å². The number of amides is 2. The number of hydrogen-bond donors (Lipinski definition) is 2. The van der Waals surface area contributed by atoms with Gasteiger partial charge in [-0.3, -0.25) is 25.3 Å². The Kier molecular flexibility index (Phi) is 7.29. The lowest BCUT2D eigenvalue weighted by Gasteiger charge is -2.18. The van der Waals surface area contributed by atoms with Crippen LogP contribution in [0.4, 0.5) is 4.39 Å². The molecule has 2 amide bonds. The molecule has 0 fully saturated rings. The highest BCUT2D eigenvalue weighted by atomic mass is 19.1. The minimum Gasteiger partial charge on any atom is -0.300 e. The Morgan fingerprint density at radius 1 is 0.885 bits per heavy atom. The van der Waals surface area contributed by atoms with Crippen molar-refractivity contribution < 1.29 is 14.0 Å². The lowest BCUT2D eigenvalue weighted by molar-refractivity contribution is -0.121. The third kappa shape index (κ3) is 5.97. The SMILES string of the molecule is CCN(CC)Cc1ccc(C(=O)NNC(=O)Cc2ccc(F)cc2)cc1. The molecule has 2 aromatic carbocycles. The standard InChI is InChI=1S/C20H24FN3O2/c1-3-24(4-2)14-16-5-9-17(10-6-16)20(26)23-22-19(25)13-15-7-11-18(21)12-8-15/h5-12H,3-4,13-14H2,1-2H3,(H,22,25)(H,23,26). The van der Waals surface area contributed by atoms with Gasteiger partial charge in [0, 0.05) is 12.1 Å². The zero-order chi connectivity index (χ0) is 18.9. The first-order valence-electron chi connectivity index (χ1n) is 8.66. The van der Waals surface area contributed by atoms with Gasteiger partial charge in [0.15, 0.2) is 0 Å². The van der Waals surface area contributed by atoms with E-state index in [0.29, 0.717) is 11.1 Å². The van der Waals surface area contributed by atoms with Crippen LogP contribution in [-0.2, 0) is 17.8 Å². The zero-order valence-corrected chi connectivity index (χ0v) is 15.1. The number of hydrazine groups is 1. The van der Waals surface area contributed by atoms with Crippen molar-refractivity contribution in [2.75, 3.05) is 13.1 Å². The van der Waals surface area contributed by atoms with Crippen molar-refractivity contribution >= 4 is 11.8 Å². The van der Waals surface area contributed by atoms with Crippen molar-refractivity contribution in [3.8, 4) is 0 Å². The predicted molar refractivity (Wildman–Crippen MR) is 98.8 cm³/mol. The van der Waals surface area contributed by atoms with Crippen LogP contribution in [-0.4, -0.2) is 29.8 Å². The van der Waals surface area contributed by atoms with Crippen LogP contribution >= 0.6 is 0 Å². The molecule has 0 radical (unpaired) electrons. The molecule has 5 nitrogen and oxygen atoms in total. The van der Waals surface area contributed by atoms with Crippen molar-refractivity contribution in [1.29, 1.82) is 0 Å². The van der Waals surface area contributed by atoms with Crippen LogP contribution in [0.15, 0.2) is 48.5 Å². The summed E-state index contributed by atoms with van der Waals surface area (Å²) in [5.74, 6) is -1.11. The van der Waals surface area contributed by atoms with Gasteiger partial charge in [-0.2, -0.15) is 0 Å². The van der Waals surface area contributed by atoms with E-state index < -0.39 is 0 Å². The van der Waals surface area contributed by atoms with Gasteiger partial charge < -0.3 is 0 Å². The van der Waals surface area contributed by atoms with E-state index in [1.807, 2.05) is 12.1 Å². The summed E-state index contributed by atoms with van der Waals surface area (Å²) in [5, 5.41) is 0. The second-order valence-corrected chi connectivity index (χ2v) is 5.96. The van der Waals surface area contributed by atoms with Crippen molar-refractivity contribution in [2.45, 2.75) is 26.8 Å².